The third kappa shape index (κ3) is 4.79. The van der Waals surface area contributed by atoms with Gasteiger partial charge in [-0.15, -0.1) is 0 Å². The minimum Gasteiger partial charge on any atom is -0.396 e. The van der Waals surface area contributed by atoms with Gasteiger partial charge in [0.15, 0.2) is 0 Å². The minimum atomic E-state index is -1.22. The van der Waals surface area contributed by atoms with Crippen molar-refractivity contribution in [2.75, 3.05) is 26.2 Å². The summed E-state index contributed by atoms with van der Waals surface area (Å²) >= 11 is 0. The molecule has 5 rings (SSSR count). The molecule has 0 aliphatic carbocycles. The van der Waals surface area contributed by atoms with Gasteiger partial charge in [-0.05, 0) is 45.1 Å². The number of carbonyl (C=O) groups is 3. The van der Waals surface area contributed by atoms with Crippen LogP contribution in [0.3, 0.4) is 0 Å². The van der Waals surface area contributed by atoms with E-state index < -0.39 is 29.1 Å². The van der Waals surface area contributed by atoms with Gasteiger partial charge in [-0.1, -0.05) is 68.0 Å². The van der Waals surface area contributed by atoms with Crippen molar-refractivity contribution < 1.29 is 24.2 Å². The van der Waals surface area contributed by atoms with Crippen LogP contribution in [-0.2, 0) is 25.7 Å². The summed E-state index contributed by atoms with van der Waals surface area (Å²) in [5.41, 5.74) is -1.22. The molecule has 2 unspecified atom stereocenters. The minimum absolute atomic E-state index is 0.0213. The van der Waals surface area contributed by atoms with E-state index in [9.17, 15) is 19.5 Å². The number of unbranched alkanes of at least 4 members (excludes halogenated alkanes) is 2. The van der Waals surface area contributed by atoms with Crippen LogP contribution in [0.1, 0.15) is 58.4 Å². The van der Waals surface area contributed by atoms with Gasteiger partial charge in [-0.3, -0.25) is 14.4 Å². The summed E-state index contributed by atoms with van der Waals surface area (Å²) in [6.07, 6.45) is 11.7. The van der Waals surface area contributed by atoms with Crippen molar-refractivity contribution in [3.63, 3.8) is 0 Å². The summed E-state index contributed by atoms with van der Waals surface area (Å²) in [6, 6.07) is 9.05. The van der Waals surface area contributed by atoms with Crippen molar-refractivity contribution in [3.8, 4) is 0 Å². The number of hydrogen-bond acceptors (Lipinski definition) is 5. The maximum absolute atomic E-state index is 14.4. The van der Waals surface area contributed by atoms with Crippen LogP contribution in [0.4, 0.5) is 0 Å². The van der Waals surface area contributed by atoms with Gasteiger partial charge < -0.3 is 24.5 Å². The Kier molecular flexibility index (Phi) is 8.20. The molecule has 8 nitrogen and oxygen atoms in total. The van der Waals surface area contributed by atoms with Crippen LogP contribution < -0.4 is 0 Å². The molecule has 2 fully saturated rings. The highest BCUT2D eigenvalue weighted by Gasteiger charge is 2.74. The monoisotopic (exact) mass is 549 g/mol. The molecule has 0 saturated carbocycles. The van der Waals surface area contributed by atoms with Crippen molar-refractivity contribution in [2.24, 2.45) is 11.8 Å². The third-order valence-electron chi connectivity index (χ3n) is 9.18. The number of aliphatic hydroxyl groups is 1. The number of aliphatic hydroxyl groups excluding tert-OH is 1. The Balaban J connectivity index is 1.54. The van der Waals surface area contributed by atoms with Gasteiger partial charge in [0.25, 0.3) is 0 Å². The average molecular weight is 550 g/mol. The molecular weight excluding hydrogens is 506 g/mol. The summed E-state index contributed by atoms with van der Waals surface area (Å²) < 4.78 is 6.91. The molecule has 4 heterocycles. The number of benzene rings is 1. The van der Waals surface area contributed by atoms with E-state index >= 15 is 0 Å². The molecule has 40 heavy (non-hydrogen) atoms. The molecule has 0 radical (unpaired) electrons. The molecule has 6 atom stereocenters. The SMILES string of the molecule is CCCC(C)N1CC=C[C@]23O[C@@]4(C)C=CCN(Cc5ccccc5)C(=O)[C@H]4[C@H]2C(=O)N(CCCCCO)C3C1=O. The standard InChI is InChI=1S/C32H43N3O5/c1-4-13-23(2)34-20-12-17-32-26(29(38)35(27(32)30(34)39)19-9-6-10-21-36)25-28(37)33(18-11-16-31(25,3)40-32)22-24-14-7-5-8-15-24/h5,7-8,11-12,14-17,23,25-27,36H,4,6,9-10,13,18-22H2,1-3H3/t23?,25-,26+,27?,31+,32+/m1/s1. The highest BCUT2D eigenvalue weighted by atomic mass is 16.5. The molecule has 216 valence electrons. The molecule has 1 N–H and O–H groups in total. The second-order valence-electron chi connectivity index (χ2n) is 12.0. The van der Waals surface area contributed by atoms with Crippen LogP contribution in [0.5, 0.6) is 0 Å². The van der Waals surface area contributed by atoms with E-state index in [0.29, 0.717) is 39.0 Å². The maximum Gasteiger partial charge on any atom is 0.249 e. The lowest BCUT2D eigenvalue weighted by atomic mass is 9.74. The summed E-state index contributed by atoms with van der Waals surface area (Å²) in [5, 5.41) is 9.28. The van der Waals surface area contributed by atoms with Crippen molar-refractivity contribution in [3.05, 3.63) is 60.2 Å². The van der Waals surface area contributed by atoms with Gasteiger partial charge in [0.05, 0.1) is 17.4 Å². The molecular formula is C32H43N3O5. The first-order valence-electron chi connectivity index (χ1n) is 14.9. The Morgan fingerprint density at radius 2 is 1.73 bits per heavy atom. The number of carbonyl (C=O) groups excluding carboxylic acids is 3. The van der Waals surface area contributed by atoms with Crippen LogP contribution in [0.2, 0.25) is 0 Å². The fourth-order valence-corrected chi connectivity index (χ4v) is 7.32. The lowest BCUT2D eigenvalue weighted by molar-refractivity contribution is -0.154. The zero-order valence-corrected chi connectivity index (χ0v) is 24.0. The molecule has 0 bridgehead atoms. The van der Waals surface area contributed by atoms with Crippen LogP contribution in [0.25, 0.3) is 0 Å². The predicted molar refractivity (Wildman–Crippen MR) is 152 cm³/mol. The van der Waals surface area contributed by atoms with Crippen LogP contribution in [0.15, 0.2) is 54.6 Å². The fraction of sp³-hybridized carbons (Fsp3) is 0.594. The molecule has 0 aromatic heterocycles. The second-order valence-corrected chi connectivity index (χ2v) is 12.0. The summed E-state index contributed by atoms with van der Waals surface area (Å²) in [5.74, 6) is -1.95. The molecule has 1 spiro atoms. The Morgan fingerprint density at radius 3 is 2.45 bits per heavy atom. The van der Waals surface area contributed by atoms with Gasteiger partial charge in [-0.25, -0.2) is 0 Å². The van der Waals surface area contributed by atoms with Gasteiger partial charge in [0.2, 0.25) is 17.7 Å². The molecule has 2 saturated heterocycles. The molecule has 8 heteroatoms. The van der Waals surface area contributed by atoms with Gasteiger partial charge in [0, 0.05) is 38.8 Å². The first kappa shape index (κ1) is 28.6. The number of ether oxygens (including phenoxy) is 1. The van der Waals surface area contributed by atoms with Crippen molar-refractivity contribution in [1.82, 2.24) is 14.7 Å². The van der Waals surface area contributed by atoms with E-state index in [0.717, 1.165) is 24.8 Å². The summed E-state index contributed by atoms with van der Waals surface area (Å²) in [7, 11) is 0. The third-order valence-corrected chi connectivity index (χ3v) is 9.18. The number of nitrogens with zero attached hydrogens (tertiary/aromatic N) is 3. The number of hydrogen-bond donors (Lipinski definition) is 1. The van der Waals surface area contributed by atoms with E-state index in [2.05, 4.69) is 13.8 Å². The van der Waals surface area contributed by atoms with Crippen molar-refractivity contribution in [1.29, 1.82) is 0 Å². The Bertz CT molecular complexity index is 1170. The van der Waals surface area contributed by atoms with Crippen molar-refractivity contribution in [2.45, 2.75) is 82.7 Å². The van der Waals surface area contributed by atoms with E-state index in [1.807, 2.05) is 66.5 Å². The smallest absolute Gasteiger partial charge is 0.249 e. The number of fused-ring (bicyclic) bond motifs is 2. The van der Waals surface area contributed by atoms with Gasteiger partial charge in [0.1, 0.15) is 11.6 Å². The molecule has 1 aromatic rings. The summed E-state index contributed by atoms with van der Waals surface area (Å²) in [6.45, 7) is 7.86. The molecule has 1 aromatic carbocycles. The highest BCUT2D eigenvalue weighted by Crippen LogP contribution is 2.57. The zero-order valence-electron chi connectivity index (χ0n) is 24.0. The molecule has 4 aliphatic rings. The Hall–Kier alpha value is -2.97. The number of likely N-dealkylation sites (tertiary alicyclic amines) is 1. The fourth-order valence-electron chi connectivity index (χ4n) is 7.32. The van der Waals surface area contributed by atoms with Crippen molar-refractivity contribution >= 4 is 17.7 Å². The van der Waals surface area contributed by atoms with Gasteiger partial charge >= 0.3 is 0 Å². The number of amides is 3. The largest absolute Gasteiger partial charge is 0.396 e. The Labute approximate surface area is 237 Å². The maximum atomic E-state index is 14.4. The predicted octanol–water partition coefficient (Wildman–Crippen LogP) is 3.31. The van der Waals surface area contributed by atoms with E-state index in [1.165, 1.54) is 0 Å². The lowest BCUT2D eigenvalue weighted by Gasteiger charge is -2.38. The van der Waals surface area contributed by atoms with Crippen LogP contribution in [0, 0.1) is 11.8 Å². The molecule has 4 aliphatic heterocycles. The average Bonchev–Trinajstić information content (AvgIpc) is 3.20. The lowest BCUT2D eigenvalue weighted by Crippen LogP contribution is -2.57. The van der Waals surface area contributed by atoms with Crippen LogP contribution in [-0.4, -0.2) is 87.1 Å². The second kappa shape index (κ2) is 11.5. The topological polar surface area (TPSA) is 90.4 Å². The highest BCUT2D eigenvalue weighted by molar-refractivity contribution is 6.00. The van der Waals surface area contributed by atoms with E-state index in [-0.39, 0.29) is 30.4 Å². The first-order valence-corrected chi connectivity index (χ1v) is 14.9. The quantitative estimate of drug-likeness (QED) is 0.357. The summed E-state index contributed by atoms with van der Waals surface area (Å²) in [4.78, 5) is 48.4. The van der Waals surface area contributed by atoms with Crippen LogP contribution >= 0.6 is 0 Å². The Morgan fingerprint density at radius 1 is 0.975 bits per heavy atom. The van der Waals surface area contributed by atoms with Gasteiger partial charge in [-0.2, -0.15) is 0 Å². The number of rotatable bonds is 10. The molecule has 3 amide bonds. The normalized spacial score (nSPS) is 32.1. The van der Waals surface area contributed by atoms with E-state index in [4.69, 9.17) is 4.74 Å². The zero-order chi connectivity index (χ0) is 28.5. The first-order chi connectivity index (χ1) is 19.3. The van der Waals surface area contributed by atoms with E-state index in [1.54, 1.807) is 9.80 Å².